The monoisotopic (exact) mass is 330 g/mol. The molecule has 2 aliphatic heterocycles. The quantitative estimate of drug-likeness (QED) is 0.922. The number of nitrogens with one attached hydrogen (secondary N) is 1. The normalized spacial score (nSPS) is 23.3. The zero-order valence-corrected chi connectivity index (χ0v) is 14.9. The molecule has 3 heterocycles. The van der Waals surface area contributed by atoms with Gasteiger partial charge in [0, 0.05) is 44.6 Å². The van der Waals surface area contributed by atoms with Crippen LogP contribution in [0.3, 0.4) is 0 Å². The molecule has 1 aliphatic carbocycles. The Balaban J connectivity index is 1.66. The van der Waals surface area contributed by atoms with Crippen molar-refractivity contribution < 1.29 is 4.74 Å². The molecule has 0 amide bonds. The Morgan fingerprint density at radius 1 is 1.00 bits per heavy atom. The van der Waals surface area contributed by atoms with Gasteiger partial charge in [-0.05, 0) is 38.6 Å². The summed E-state index contributed by atoms with van der Waals surface area (Å²) in [5, 5.41) is 3.52. The lowest BCUT2D eigenvalue weighted by Gasteiger charge is -2.34. The van der Waals surface area contributed by atoms with Crippen LogP contribution in [0.2, 0.25) is 0 Å². The summed E-state index contributed by atoms with van der Waals surface area (Å²) in [5.41, 5.74) is 2.71. The molecule has 0 unspecified atom stereocenters. The van der Waals surface area contributed by atoms with Crippen molar-refractivity contribution in [2.24, 2.45) is 0 Å². The summed E-state index contributed by atoms with van der Waals surface area (Å²) in [5.74, 6) is 2.94. The standard InChI is InChI=1S/C19H30N4O/c1-24-15-8-12-23(13-9-15)19-16-6-10-20-11-7-17(16)21-18(22-19)14-4-2-3-5-14/h14-15,20H,2-13H2,1H3. The van der Waals surface area contributed by atoms with E-state index < -0.39 is 0 Å². The highest BCUT2D eigenvalue weighted by Gasteiger charge is 2.27. The van der Waals surface area contributed by atoms with Gasteiger partial charge in [0.05, 0.1) is 11.8 Å². The summed E-state index contributed by atoms with van der Waals surface area (Å²) < 4.78 is 5.54. The van der Waals surface area contributed by atoms with Crippen molar-refractivity contribution in [3.8, 4) is 0 Å². The predicted molar refractivity (Wildman–Crippen MR) is 95.8 cm³/mol. The van der Waals surface area contributed by atoms with Crippen LogP contribution in [0.15, 0.2) is 0 Å². The van der Waals surface area contributed by atoms with E-state index in [-0.39, 0.29) is 0 Å². The fourth-order valence-corrected chi connectivity index (χ4v) is 4.48. The lowest BCUT2D eigenvalue weighted by molar-refractivity contribution is 0.0817. The number of hydrogen-bond acceptors (Lipinski definition) is 5. The van der Waals surface area contributed by atoms with E-state index in [0.29, 0.717) is 12.0 Å². The molecule has 0 radical (unpaired) electrons. The van der Waals surface area contributed by atoms with E-state index in [4.69, 9.17) is 14.7 Å². The number of nitrogens with zero attached hydrogens (tertiary/aromatic N) is 3. The molecule has 2 fully saturated rings. The molecule has 5 nitrogen and oxygen atoms in total. The molecule has 1 aromatic rings. The smallest absolute Gasteiger partial charge is 0.135 e. The number of aromatic nitrogens is 2. The van der Waals surface area contributed by atoms with Crippen molar-refractivity contribution in [2.75, 3.05) is 38.2 Å². The second-order valence-electron chi connectivity index (χ2n) is 7.48. The number of rotatable bonds is 3. The third kappa shape index (κ3) is 3.29. The maximum Gasteiger partial charge on any atom is 0.135 e. The largest absolute Gasteiger partial charge is 0.381 e. The third-order valence-corrected chi connectivity index (χ3v) is 5.97. The molecule has 5 heteroatoms. The Morgan fingerprint density at radius 2 is 1.75 bits per heavy atom. The van der Waals surface area contributed by atoms with E-state index >= 15 is 0 Å². The van der Waals surface area contributed by atoms with E-state index in [0.717, 1.165) is 57.7 Å². The summed E-state index contributed by atoms with van der Waals surface area (Å²) >= 11 is 0. The fourth-order valence-electron chi connectivity index (χ4n) is 4.48. The maximum absolute atomic E-state index is 5.54. The Bertz CT molecular complexity index is 563. The van der Waals surface area contributed by atoms with Gasteiger partial charge >= 0.3 is 0 Å². The van der Waals surface area contributed by atoms with Crippen molar-refractivity contribution in [1.82, 2.24) is 15.3 Å². The highest BCUT2D eigenvalue weighted by atomic mass is 16.5. The average molecular weight is 330 g/mol. The first-order valence-corrected chi connectivity index (χ1v) is 9.73. The lowest BCUT2D eigenvalue weighted by atomic mass is 10.0. The first kappa shape index (κ1) is 16.3. The van der Waals surface area contributed by atoms with Crippen LogP contribution in [0.5, 0.6) is 0 Å². The molecule has 0 bridgehead atoms. The fraction of sp³-hybridized carbons (Fsp3) is 0.789. The zero-order valence-electron chi connectivity index (χ0n) is 14.9. The van der Waals surface area contributed by atoms with E-state index in [1.807, 2.05) is 7.11 Å². The lowest BCUT2D eigenvalue weighted by Crippen LogP contribution is -2.38. The van der Waals surface area contributed by atoms with Gasteiger partial charge in [-0.3, -0.25) is 0 Å². The third-order valence-electron chi connectivity index (χ3n) is 5.97. The predicted octanol–water partition coefficient (Wildman–Crippen LogP) is 2.44. The Labute approximate surface area is 145 Å². The van der Waals surface area contributed by atoms with Gasteiger partial charge in [0.1, 0.15) is 11.6 Å². The van der Waals surface area contributed by atoms with Gasteiger partial charge in [0.15, 0.2) is 0 Å². The van der Waals surface area contributed by atoms with E-state index in [1.54, 1.807) is 0 Å². The first-order chi connectivity index (χ1) is 11.8. The van der Waals surface area contributed by atoms with Gasteiger partial charge in [0.25, 0.3) is 0 Å². The average Bonchev–Trinajstić information content (AvgIpc) is 3.06. The number of hydrogen-bond donors (Lipinski definition) is 1. The molecule has 132 valence electrons. The van der Waals surface area contributed by atoms with Gasteiger partial charge in [0.2, 0.25) is 0 Å². The van der Waals surface area contributed by atoms with E-state index in [1.165, 1.54) is 42.8 Å². The van der Waals surface area contributed by atoms with Gasteiger partial charge in [-0.15, -0.1) is 0 Å². The van der Waals surface area contributed by atoms with Crippen LogP contribution in [-0.4, -0.2) is 49.4 Å². The summed E-state index contributed by atoms with van der Waals surface area (Å²) in [4.78, 5) is 12.7. The summed E-state index contributed by atoms with van der Waals surface area (Å²) in [7, 11) is 1.83. The van der Waals surface area contributed by atoms with Crippen molar-refractivity contribution in [2.45, 2.75) is 63.4 Å². The van der Waals surface area contributed by atoms with Gasteiger partial charge in [-0.1, -0.05) is 12.8 Å². The SMILES string of the molecule is COC1CCN(c2nc(C3CCCC3)nc3c2CCNCC3)CC1. The maximum atomic E-state index is 5.54. The molecule has 0 aromatic carbocycles. The summed E-state index contributed by atoms with van der Waals surface area (Å²) in [6.07, 6.45) is 9.92. The van der Waals surface area contributed by atoms with E-state index in [9.17, 15) is 0 Å². The Morgan fingerprint density at radius 3 is 2.50 bits per heavy atom. The van der Waals surface area contributed by atoms with Crippen LogP contribution < -0.4 is 10.2 Å². The number of methoxy groups -OCH3 is 1. The second-order valence-corrected chi connectivity index (χ2v) is 7.48. The number of anilines is 1. The Kier molecular flexibility index (Phi) is 4.99. The van der Waals surface area contributed by atoms with Crippen molar-refractivity contribution in [1.29, 1.82) is 0 Å². The molecule has 0 atom stereocenters. The molecule has 0 spiro atoms. The minimum absolute atomic E-state index is 0.415. The van der Waals surface area contributed by atoms with Crippen LogP contribution in [0.1, 0.15) is 61.5 Å². The topological polar surface area (TPSA) is 50.3 Å². The van der Waals surface area contributed by atoms with Gasteiger partial charge in [-0.2, -0.15) is 0 Å². The van der Waals surface area contributed by atoms with Crippen molar-refractivity contribution >= 4 is 5.82 Å². The van der Waals surface area contributed by atoms with Gasteiger partial charge in [-0.25, -0.2) is 9.97 Å². The summed E-state index contributed by atoms with van der Waals surface area (Å²) in [6, 6.07) is 0. The van der Waals surface area contributed by atoms with E-state index in [2.05, 4.69) is 10.2 Å². The molecule has 3 aliphatic rings. The van der Waals surface area contributed by atoms with Gasteiger partial charge < -0.3 is 15.0 Å². The minimum Gasteiger partial charge on any atom is -0.381 e. The molecule has 1 saturated heterocycles. The number of fused-ring (bicyclic) bond motifs is 1. The molecular weight excluding hydrogens is 300 g/mol. The van der Waals surface area contributed by atoms with Crippen LogP contribution in [0.4, 0.5) is 5.82 Å². The van der Waals surface area contributed by atoms with Crippen LogP contribution in [-0.2, 0) is 17.6 Å². The van der Waals surface area contributed by atoms with Crippen LogP contribution in [0.25, 0.3) is 0 Å². The van der Waals surface area contributed by atoms with Crippen molar-refractivity contribution in [3.05, 3.63) is 17.1 Å². The second kappa shape index (κ2) is 7.36. The highest BCUT2D eigenvalue weighted by molar-refractivity contribution is 5.51. The number of ether oxygens (including phenoxy) is 1. The molecule has 1 N–H and O–H groups in total. The summed E-state index contributed by atoms with van der Waals surface area (Å²) in [6.45, 7) is 4.19. The Hall–Kier alpha value is -1.20. The van der Waals surface area contributed by atoms with Crippen LogP contribution in [0, 0.1) is 0 Å². The van der Waals surface area contributed by atoms with Crippen molar-refractivity contribution in [3.63, 3.8) is 0 Å². The number of piperidine rings is 1. The first-order valence-electron chi connectivity index (χ1n) is 9.73. The van der Waals surface area contributed by atoms with Crippen LogP contribution >= 0.6 is 0 Å². The zero-order chi connectivity index (χ0) is 16.4. The highest BCUT2D eigenvalue weighted by Crippen LogP contribution is 2.35. The minimum atomic E-state index is 0.415. The molecule has 24 heavy (non-hydrogen) atoms. The molecule has 4 rings (SSSR count). The molecule has 1 aromatic heterocycles. The molecular formula is C19H30N4O. The molecule has 1 saturated carbocycles.